The quantitative estimate of drug-likeness (QED) is 0.224. The molecule has 6 aromatic carbocycles. The molecule has 0 heterocycles. The lowest BCUT2D eigenvalue weighted by Crippen LogP contribution is -1.92. The average Bonchev–Trinajstić information content (AvgIpc) is 2.98. The zero-order chi connectivity index (χ0) is 25.0. The molecule has 0 aliphatic heterocycles. The third-order valence-electron chi connectivity index (χ3n) is 6.83. The molecule has 1 heteroatoms. The Kier molecular flexibility index (Phi) is 6.42. The lowest BCUT2D eigenvalue weighted by atomic mass is 9.85. The second-order valence-corrected chi connectivity index (χ2v) is 9.44. The molecule has 37 heavy (non-hydrogen) atoms. The van der Waals surface area contributed by atoms with Crippen LogP contribution in [0.25, 0.3) is 55.6 Å². The smallest absolute Gasteiger partial charge is 0.0484 e. The Morgan fingerprint density at radius 2 is 0.514 bits per heavy atom. The maximum absolute atomic E-state index is 6.66. The van der Waals surface area contributed by atoms with Gasteiger partial charge >= 0.3 is 0 Å². The van der Waals surface area contributed by atoms with Crippen molar-refractivity contribution in [1.29, 1.82) is 0 Å². The molecular formula is C36H25Cl. The summed E-state index contributed by atoms with van der Waals surface area (Å²) in [4.78, 5) is 0. The second kappa shape index (κ2) is 10.3. The highest BCUT2D eigenvalue weighted by molar-refractivity contribution is 6.33. The molecule has 0 spiro atoms. The van der Waals surface area contributed by atoms with Gasteiger partial charge in [0.15, 0.2) is 0 Å². The van der Waals surface area contributed by atoms with Crippen LogP contribution in [0.2, 0.25) is 5.02 Å². The van der Waals surface area contributed by atoms with E-state index < -0.39 is 0 Å². The molecule has 0 atom stereocenters. The van der Waals surface area contributed by atoms with Crippen molar-refractivity contribution in [3.8, 4) is 55.6 Å². The second-order valence-electron chi connectivity index (χ2n) is 9.03. The number of hydrogen-bond acceptors (Lipinski definition) is 0. The van der Waals surface area contributed by atoms with Crippen LogP contribution in [-0.2, 0) is 0 Å². The molecule has 0 nitrogen and oxygen atoms in total. The Morgan fingerprint density at radius 1 is 0.243 bits per heavy atom. The summed E-state index contributed by atoms with van der Waals surface area (Å²) in [5.74, 6) is 0. The van der Waals surface area contributed by atoms with E-state index in [2.05, 4.69) is 133 Å². The van der Waals surface area contributed by atoms with Crippen molar-refractivity contribution in [2.45, 2.75) is 0 Å². The molecule has 0 saturated carbocycles. The minimum atomic E-state index is 0.754. The Labute approximate surface area is 223 Å². The standard InChI is InChI=1S/C36H25Cl/c37-36-25-13-12-24-35(36)34-23-11-10-22-33(34)32-21-9-8-20-31(32)30-19-7-6-18-29(30)28-17-5-4-16-27(28)26-14-2-1-3-15-26/h1-25H. The summed E-state index contributed by atoms with van der Waals surface area (Å²) in [6.07, 6.45) is 0. The van der Waals surface area contributed by atoms with Crippen LogP contribution in [0.4, 0.5) is 0 Å². The van der Waals surface area contributed by atoms with E-state index in [0.717, 1.165) is 21.7 Å². The number of hydrogen-bond donors (Lipinski definition) is 0. The first-order chi connectivity index (χ1) is 18.3. The molecule has 0 aromatic heterocycles. The van der Waals surface area contributed by atoms with Gasteiger partial charge in [0.1, 0.15) is 0 Å². The summed E-state index contributed by atoms with van der Waals surface area (Å²) in [6.45, 7) is 0. The molecule has 0 aliphatic carbocycles. The van der Waals surface area contributed by atoms with Gasteiger partial charge in [-0.15, -0.1) is 0 Å². The molecule has 0 saturated heterocycles. The highest BCUT2D eigenvalue weighted by Gasteiger charge is 2.17. The van der Waals surface area contributed by atoms with Gasteiger partial charge in [0.25, 0.3) is 0 Å². The van der Waals surface area contributed by atoms with Gasteiger partial charge < -0.3 is 0 Å². The number of rotatable bonds is 5. The predicted octanol–water partition coefficient (Wildman–Crippen LogP) is 10.7. The normalized spacial score (nSPS) is 10.8. The van der Waals surface area contributed by atoms with Crippen molar-refractivity contribution in [2.24, 2.45) is 0 Å². The van der Waals surface area contributed by atoms with E-state index in [9.17, 15) is 0 Å². The first-order valence-corrected chi connectivity index (χ1v) is 12.9. The van der Waals surface area contributed by atoms with Crippen LogP contribution in [0, 0.1) is 0 Å². The van der Waals surface area contributed by atoms with Crippen molar-refractivity contribution < 1.29 is 0 Å². The van der Waals surface area contributed by atoms with E-state index in [-0.39, 0.29) is 0 Å². The molecule has 0 bridgehead atoms. The highest BCUT2D eigenvalue weighted by Crippen LogP contribution is 2.44. The molecule has 176 valence electrons. The predicted molar refractivity (Wildman–Crippen MR) is 159 cm³/mol. The molecule has 0 aliphatic rings. The third-order valence-corrected chi connectivity index (χ3v) is 7.16. The maximum atomic E-state index is 6.66. The van der Waals surface area contributed by atoms with Gasteiger partial charge in [-0.1, -0.05) is 157 Å². The Hall–Kier alpha value is -4.39. The van der Waals surface area contributed by atoms with Crippen LogP contribution in [0.3, 0.4) is 0 Å². The summed E-state index contributed by atoms with van der Waals surface area (Å²) in [6, 6.07) is 53.2. The fourth-order valence-corrected chi connectivity index (χ4v) is 5.36. The van der Waals surface area contributed by atoms with Gasteiger partial charge in [-0.25, -0.2) is 0 Å². The van der Waals surface area contributed by atoms with E-state index >= 15 is 0 Å². The Bertz CT molecular complexity index is 1680. The zero-order valence-corrected chi connectivity index (χ0v) is 21.1. The lowest BCUT2D eigenvalue weighted by Gasteiger charge is -2.19. The molecular weight excluding hydrogens is 468 g/mol. The Balaban J connectivity index is 1.57. The summed E-state index contributed by atoms with van der Waals surface area (Å²) in [5, 5.41) is 0.754. The minimum absolute atomic E-state index is 0.754. The van der Waals surface area contributed by atoms with Crippen molar-refractivity contribution >= 4 is 11.6 Å². The van der Waals surface area contributed by atoms with Crippen molar-refractivity contribution in [3.63, 3.8) is 0 Å². The van der Waals surface area contributed by atoms with E-state index in [0.29, 0.717) is 0 Å². The number of benzene rings is 6. The van der Waals surface area contributed by atoms with Gasteiger partial charge in [-0.05, 0) is 56.1 Å². The van der Waals surface area contributed by atoms with Crippen LogP contribution in [0.5, 0.6) is 0 Å². The van der Waals surface area contributed by atoms with Crippen molar-refractivity contribution in [1.82, 2.24) is 0 Å². The fourth-order valence-electron chi connectivity index (χ4n) is 5.13. The first kappa shape index (κ1) is 23.0. The summed E-state index contributed by atoms with van der Waals surface area (Å²) >= 11 is 6.66. The summed E-state index contributed by atoms with van der Waals surface area (Å²) < 4.78 is 0. The van der Waals surface area contributed by atoms with E-state index in [1.807, 2.05) is 18.2 Å². The molecule has 6 aromatic rings. The lowest BCUT2D eigenvalue weighted by molar-refractivity contribution is 1.54. The van der Waals surface area contributed by atoms with Crippen LogP contribution in [0.15, 0.2) is 152 Å². The van der Waals surface area contributed by atoms with Gasteiger partial charge in [0, 0.05) is 10.6 Å². The average molecular weight is 493 g/mol. The molecule has 6 rings (SSSR count). The van der Waals surface area contributed by atoms with E-state index in [1.54, 1.807) is 0 Å². The summed E-state index contributed by atoms with van der Waals surface area (Å²) in [7, 11) is 0. The molecule has 0 radical (unpaired) electrons. The molecule has 0 fully saturated rings. The van der Waals surface area contributed by atoms with Gasteiger partial charge in [-0.2, -0.15) is 0 Å². The monoisotopic (exact) mass is 492 g/mol. The largest absolute Gasteiger partial charge is 0.0837 e. The minimum Gasteiger partial charge on any atom is -0.0837 e. The maximum Gasteiger partial charge on any atom is 0.0484 e. The zero-order valence-electron chi connectivity index (χ0n) is 20.3. The highest BCUT2D eigenvalue weighted by atomic mass is 35.5. The first-order valence-electron chi connectivity index (χ1n) is 12.5. The molecule has 0 unspecified atom stereocenters. The summed E-state index contributed by atoms with van der Waals surface area (Å²) in [5.41, 5.74) is 11.8. The van der Waals surface area contributed by atoms with Crippen molar-refractivity contribution in [2.75, 3.05) is 0 Å². The van der Waals surface area contributed by atoms with Crippen molar-refractivity contribution in [3.05, 3.63) is 157 Å². The van der Waals surface area contributed by atoms with E-state index in [4.69, 9.17) is 11.6 Å². The van der Waals surface area contributed by atoms with Gasteiger partial charge in [0.2, 0.25) is 0 Å². The Morgan fingerprint density at radius 3 is 0.919 bits per heavy atom. The number of halogens is 1. The van der Waals surface area contributed by atoms with Gasteiger partial charge in [-0.3, -0.25) is 0 Å². The van der Waals surface area contributed by atoms with Crippen LogP contribution >= 0.6 is 11.6 Å². The fraction of sp³-hybridized carbons (Fsp3) is 0. The van der Waals surface area contributed by atoms with Crippen LogP contribution < -0.4 is 0 Å². The van der Waals surface area contributed by atoms with Gasteiger partial charge in [0.05, 0.1) is 0 Å². The molecule has 0 amide bonds. The molecule has 0 N–H and O–H groups in total. The third kappa shape index (κ3) is 4.48. The topological polar surface area (TPSA) is 0 Å². The van der Waals surface area contributed by atoms with Crippen LogP contribution in [-0.4, -0.2) is 0 Å². The van der Waals surface area contributed by atoms with E-state index in [1.165, 1.54) is 38.9 Å². The SMILES string of the molecule is Clc1ccccc1-c1ccccc1-c1ccccc1-c1ccccc1-c1ccccc1-c1ccccc1. The van der Waals surface area contributed by atoms with Crippen LogP contribution in [0.1, 0.15) is 0 Å².